The number of aromatic amines is 2. The normalized spacial score (nSPS) is 11.1. The Bertz CT molecular complexity index is 711. The Morgan fingerprint density at radius 1 is 1.32 bits per heavy atom. The number of nitrogens with zero attached hydrogens (tertiary/aromatic N) is 3. The lowest BCUT2D eigenvalue weighted by Crippen LogP contribution is -2.16. The molecule has 0 amide bonds. The molecule has 0 spiro atoms. The maximum Gasteiger partial charge on any atom is 0.145 e. The van der Waals surface area contributed by atoms with E-state index in [0.717, 1.165) is 34.8 Å². The lowest BCUT2D eigenvalue weighted by Gasteiger charge is -2.18. The van der Waals surface area contributed by atoms with Gasteiger partial charge in [-0.05, 0) is 25.1 Å². The van der Waals surface area contributed by atoms with Gasteiger partial charge >= 0.3 is 0 Å². The Labute approximate surface area is 110 Å². The number of benzene rings is 1. The van der Waals surface area contributed by atoms with Crippen LogP contribution in [0.2, 0.25) is 0 Å². The number of imidazole rings is 1. The molecule has 0 aliphatic rings. The predicted molar refractivity (Wildman–Crippen MR) is 75.9 cm³/mol. The SMILES string of the molecule is Cc1nc2ccc(N(C)Cc3cc(N)n[nH]3)cc2[nH]1. The van der Waals surface area contributed by atoms with Crippen LogP contribution in [-0.2, 0) is 6.54 Å². The molecule has 0 aliphatic carbocycles. The molecule has 98 valence electrons. The summed E-state index contributed by atoms with van der Waals surface area (Å²) >= 11 is 0. The van der Waals surface area contributed by atoms with Crippen LogP contribution in [0.1, 0.15) is 11.5 Å². The zero-order chi connectivity index (χ0) is 13.4. The van der Waals surface area contributed by atoms with Gasteiger partial charge in [0.2, 0.25) is 0 Å². The molecule has 0 radical (unpaired) electrons. The highest BCUT2D eigenvalue weighted by Gasteiger charge is 2.07. The van der Waals surface area contributed by atoms with E-state index in [1.54, 1.807) is 0 Å². The Kier molecular flexibility index (Phi) is 2.63. The minimum absolute atomic E-state index is 0.517. The highest BCUT2D eigenvalue weighted by molar-refractivity contribution is 5.79. The number of aromatic nitrogens is 4. The van der Waals surface area contributed by atoms with Crippen molar-refractivity contribution < 1.29 is 0 Å². The van der Waals surface area contributed by atoms with Crippen LogP contribution in [-0.4, -0.2) is 27.2 Å². The minimum Gasteiger partial charge on any atom is -0.382 e. The minimum atomic E-state index is 0.517. The first-order chi connectivity index (χ1) is 9.11. The molecule has 0 fully saturated rings. The molecule has 1 aromatic carbocycles. The van der Waals surface area contributed by atoms with E-state index in [9.17, 15) is 0 Å². The average Bonchev–Trinajstić information content (AvgIpc) is 2.93. The van der Waals surface area contributed by atoms with Crippen LogP contribution in [0.25, 0.3) is 11.0 Å². The fourth-order valence-corrected chi connectivity index (χ4v) is 2.17. The molecular weight excluding hydrogens is 240 g/mol. The third kappa shape index (κ3) is 2.24. The highest BCUT2D eigenvalue weighted by atomic mass is 15.2. The molecule has 3 rings (SSSR count). The van der Waals surface area contributed by atoms with E-state index in [2.05, 4.69) is 37.2 Å². The Morgan fingerprint density at radius 3 is 2.89 bits per heavy atom. The second kappa shape index (κ2) is 4.31. The van der Waals surface area contributed by atoms with Gasteiger partial charge in [-0.15, -0.1) is 0 Å². The number of rotatable bonds is 3. The van der Waals surface area contributed by atoms with Crippen molar-refractivity contribution in [2.24, 2.45) is 0 Å². The summed E-state index contributed by atoms with van der Waals surface area (Å²) in [4.78, 5) is 9.77. The summed E-state index contributed by atoms with van der Waals surface area (Å²) in [6.45, 7) is 2.68. The number of aryl methyl sites for hydroxylation is 1. The molecule has 2 heterocycles. The van der Waals surface area contributed by atoms with E-state index < -0.39 is 0 Å². The number of hydrogen-bond acceptors (Lipinski definition) is 4. The van der Waals surface area contributed by atoms with Crippen LogP contribution in [0, 0.1) is 6.92 Å². The van der Waals surface area contributed by atoms with E-state index in [4.69, 9.17) is 5.73 Å². The number of anilines is 2. The maximum absolute atomic E-state index is 5.60. The van der Waals surface area contributed by atoms with Crippen molar-refractivity contribution in [3.8, 4) is 0 Å². The fourth-order valence-electron chi connectivity index (χ4n) is 2.17. The van der Waals surface area contributed by atoms with Gasteiger partial charge in [-0.1, -0.05) is 0 Å². The number of H-pyrrole nitrogens is 2. The molecule has 2 aromatic heterocycles. The van der Waals surface area contributed by atoms with Crippen molar-refractivity contribution in [3.63, 3.8) is 0 Å². The quantitative estimate of drug-likeness (QED) is 0.667. The van der Waals surface area contributed by atoms with E-state index in [1.165, 1.54) is 0 Å². The van der Waals surface area contributed by atoms with Crippen molar-refractivity contribution in [3.05, 3.63) is 35.8 Å². The molecule has 0 aliphatic heterocycles. The fraction of sp³-hybridized carbons (Fsp3) is 0.231. The second-order valence-corrected chi connectivity index (χ2v) is 4.70. The number of nitrogen functional groups attached to an aromatic ring is 1. The zero-order valence-electron chi connectivity index (χ0n) is 10.9. The summed E-state index contributed by atoms with van der Waals surface area (Å²) in [6.07, 6.45) is 0. The third-order valence-corrected chi connectivity index (χ3v) is 3.08. The molecule has 0 saturated carbocycles. The highest BCUT2D eigenvalue weighted by Crippen LogP contribution is 2.21. The maximum atomic E-state index is 5.60. The summed E-state index contributed by atoms with van der Waals surface area (Å²) in [6, 6.07) is 8.01. The van der Waals surface area contributed by atoms with Crippen LogP contribution >= 0.6 is 0 Å². The summed E-state index contributed by atoms with van der Waals surface area (Å²) in [5.41, 5.74) is 9.73. The van der Waals surface area contributed by atoms with E-state index in [1.807, 2.05) is 26.1 Å². The van der Waals surface area contributed by atoms with Gasteiger partial charge in [-0.2, -0.15) is 5.10 Å². The zero-order valence-corrected chi connectivity index (χ0v) is 10.9. The van der Waals surface area contributed by atoms with Gasteiger partial charge in [0, 0.05) is 18.8 Å². The van der Waals surface area contributed by atoms with Crippen LogP contribution in [0.5, 0.6) is 0 Å². The lowest BCUT2D eigenvalue weighted by molar-refractivity contribution is 0.870. The molecule has 6 nitrogen and oxygen atoms in total. The molecule has 0 atom stereocenters. The van der Waals surface area contributed by atoms with E-state index in [-0.39, 0.29) is 0 Å². The molecular formula is C13H16N6. The first-order valence-electron chi connectivity index (χ1n) is 6.09. The van der Waals surface area contributed by atoms with Gasteiger partial charge < -0.3 is 15.6 Å². The first kappa shape index (κ1) is 11.6. The summed E-state index contributed by atoms with van der Waals surface area (Å²) < 4.78 is 0. The molecule has 0 unspecified atom stereocenters. The summed E-state index contributed by atoms with van der Waals surface area (Å²) in [5, 5.41) is 6.84. The topological polar surface area (TPSA) is 86.6 Å². The second-order valence-electron chi connectivity index (χ2n) is 4.70. The average molecular weight is 256 g/mol. The smallest absolute Gasteiger partial charge is 0.145 e. The first-order valence-corrected chi connectivity index (χ1v) is 6.09. The third-order valence-electron chi connectivity index (χ3n) is 3.08. The van der Waals surface area contributed by atoms with E-state index >= 15 is 0 Å². The number of fused-ring (bicyclic) bond motifs is 1. The Balaban J connectivity index is 1.86. The molecule has 4 N–H and O–H groups in total. The lowest BCUT2D eigenvalue weighted by atomic mass is 10.2. The van der Waals surface area contributed by atoms with Crippen molar-refractivity contribution in [1.82, 2.24) is 20.2 Å². The number of hydrogen-bond donors (Lipinski definition) is 3. The summed E-state index contributed by atoms with van der Waals surface area (Å²) in [7, 11) is 2.03. The molecule has 3 aromatic rings. The van der Waals surface area contributed by atoms with Gasteiger partial charge in [-0.25, -0.2) is 4.98 Å². The standard InChI is InChI=1S/C13H16N6/c1-8-15-11-4-3-10(6-12(11)16-8)19(2)7-9-5-13(14)18-17-9/h3-6H,7H2,1-2H3,(H,15,16)(H3,14,17,18). The van der Waals surface area contributed by atoms with E-state index in [0.29, 0.717) is 5.82 Å². The van der Waals surface area contributed by atoms with Crippen LogP contribution in [0.3, 0.4) is 0 Å². The molecule has 6 heteroatoms. The molecule has 0 saturated heterocycles. The van der Waals surface area contributed by atoms with Crippen molar-refractivity contribution in [1.29, 1.82) is 0 Å². The number of nitrogens with one attached hydrogen (secondary N) is 2. The van der Waals surface area contributed by atoms with Crippen molar-refractivity contribution in [2.75, 3.05) is 17.7 Å². The van der Waals surface area contributed by atoms with Gasteiger partial charge in [0.05, 0.1) is 23.3 Å². The largest absolute Gasteiger partial charge is 0.382 e. The van der Waals surface area contributed by atoms with Crippen molar-refractivity contribution >= 4 is 22.5 Å². The Hall–Kier alpha value is -2.50. The van der Waals surface area contributed by atoms with Crippen molar-refractivity contribution in [2.45, 2.75) is 13.5 Å². The molecule has 0 bridgehead atoms. The van der Waals surface area contributed by atoms with Gasteiger partial charge in [-0.3, -0.25) is 5.10 Å². The molecule has 19 heavy (non-hydrogen) atoms. The van der Waals surface area contributed by atoms with Crippen LogP contribution < -0.4 is 10.6 Å². The Morgan fingerprint density at radius 2 is 2.16 bits per heavy atom. The van der Waals surface area contributed by atoms with Gasteiger partial charge in [0.1, 0.15) is 11.6 Å². The van der Waals surface area contributed by atoms with Crippen LogP contribution in [0.15, 0.2) is 24.3 Å². The van der Waals surface area contributed by atoms with Crippen LogP contribution in [0.4, 0.5) is 11.5 Å². The summed E-state index contributed by atoms with van der Waals surface area (Å²) in [5.74, 6) is 1.44. The predicted octanol–water partition coefficient (Wildman–Crippen LogP) is 1.81. The number of nitrogens with two attached hydrogens (primary N) is 1. The monoisotopic (exact) mass is 256 g/mol. The van der Waals surface area contributed by atoms with Gasteiger partial charge in [0.25, 0.3) is 0 Å². The van der Waals surface area contributed by atoms with Gasteiger partial charge in [0.15, 0.2) is 0 Å².